The van der Waals surface area contributed by atoms with Gasteiger partial charge in [0.1, 0.15) is 11.3 Å². The molecule has 1 aromatic carbocycles. The molecular formula is C17H17N5O4S. The van der Waals surface area contributed by atoms with Gasteiger partial charge in [-0.25, -0.2) is 14.8 Å². The number of nitrogens with one attached hydrogen (secondary N) is 2. The fourth-order valence-electron chi connectivity index (χ4n) is 2.51. The van der Waals surface area contributed by atoms with E-state index in [9.17, 15) is 14.4 Å². The van der Waals surface area contributed by atoms with Crippen LogP contribution in [0.5, 0.6) is 5.75 Å². The Morgan fingerprint density at radius 2 is 1.93 bits per heavy atom. The van der Waals surface area contributed by atoms with Gasteiger partial charge in [-0.15, -0.1) is 0 Å². The first-order valence-electron chi connectivity index (χ1n) is 7.94. The van der Waals surface area contributed by atoms with Crippen molar-refractivity contribution in [1.82, 2.24) is 25.7 Å². The SMILES string of the molecule is COc1ccc(C2(C)NC(=O)N(NC(=O)CSc3ncccn3)C2=O)cc1. The fraction of sp³-hybridized carbons (Fsp3) is 0.235. The van der Waals surface area contributed by atoms with Gasteiger partial charge < -0.3 is 10.1 Å². The van der Waals surface area contributed by atoms with E-state index < -0.39 is 23.4 Å². The molecule has 140 valence electrons. The maximum atomic E-state index is 12.8. The van der Waals surface area contributed by atoms with Crippen LogP contribution in [0.1, 0.15) is 12.5 Å². The molecular weight excluding hydrogens is 370 g/mol. The lowest BCUT2D eigenvalue weighted by Gasteiger charge is -2.22. The van der Waals surface area contributed by atoms with Crippen LogP contribution >= 0.6 is 11.8 Å². The number of amides is 4. The number of hydrogen-bond acceptors (Lipinski definition) is 7. The van der Waals surface area contributed by atoms with Gasteiger partial charge in [0.05, 0.1) is 12.9 Å². The summed E-state index contributed by atoms with van der Waals surface area (Å²) in [5, 5.41) is 3.73. The molecule has 0 radical (unpaired) electrons. The lowest BCUT2D eigenvalue weighted by atomic mass is 9.92. The first-order valence-corrected chi connectivity index (χ1v) is 8.93. The fourth-order valence-corrected chi connectivity index (χ4v) is 3.10. The van der Waals surface area contributed by atoms with Crippen LogP contribution in [-0.2, 0) is 15.1 Å². The largest absolute Gasteiger partial charge is 0.497 e. The van der Waals surface area contributed by atoms with E-state index in [1.54, 1.807) is 49.6 Å². The van der Waals surface area contributed by atoms with Crippen molar-refractivity contribution >= 4 is 29.6 Å². The van der Waals surface area contributed by atoms with Crippen molar-refractivity contribution in [3.63, 3.8) is 0 Å². The number of ether oxygens (including phenoxy) is 1. The number of methoxy groups -OCH3 is 1. The molecule has 0 bridgehead atoms. The molecule has 1 unspecified atom stereocenters. The highest BCUT2D eigenvalue weighted by molar-refractivity contribution is 7.99. The van der Waals surface area contributed by atoms with Gasteiger partial charge in [-0.1, -0.05) is 23.9 Å². The van der Waals surface area contributed by atoms with Gasteiger partial charge in [0.15, 0.2) is 5.16 Å². The third-order valence-corrected chi connectivity index (χ3v) is 4.84. The Kier molecular flexibility index (Phi) is 5.26. The number of nitrogens with zero attached hydrogens (tertiary/aromatic N) is 3. The maximum Gasteiger partial charge on any atom is 0.344 e. The number of carbonyl (C=O) groups excluding carboxylic acids is 3. The number of urea groups is 1. The van der Waals surface area contributed by atoms with Gasteiger partial charge in [0.25, 0.3) is 5.91 Å². The number of aromatic nitrogens is 2. The van der Waals surface area contributed by atoms with Crippen LogP contribution in [0.4, 0.5) is 4.79 Å². The molecule has 0 spiro atoms. The predicted octanol–water partition coefficient (Wildman–Crippen LogP) is 1.08. The molecule has 1 aliphatic heterocycles. The van der Waals surface area contributed by atoms with E-state index in [4.69, 9.17) is 4.74 Å². The summed E-state index contributed by atoms with van der Waals surface area (Å²) in [6.07, 6.45) is 3.12. The molecule has 1 aromatic heterocycles. The molecule has 2 aromatic rings. The first kappa shape index (κ1) is 18.6. The van der Waals surface area contributed by atoms with E-state index in [1.807, 2.05) is 0 Å². The molecule has 1 fully saturated rings. The van der Waals surface area contributed by atoms with E-state index in [1.165, 1.54) is 7.11 Å². The van der Waals surface area contributed by atoms with Crippen LogP contribution in [0.25, 0.3) is 0 Å². The zero-order chi connectivity index (χ0) is 19.4. The smallest absolute Gasteiger partial charge is 0.344 e. The molecule has 1 saturated heterocycles. The van der Waals surface area contributed by atoms with Gasteiger partial charge in [-0.3, -0.25) is 15.0 Å². The minimum absolute atomic E-state index is 0.0413. The Bertz CT molecular complexity index is 861. The molecule has 27 heavy (non-hydrogen) atoms. The molecule has 4 amide bonds. The van der Waals surface area contributed by atoms with E-state index in [0.717, 1.165) is 11.8 Å². The van der Waals surface area contributed by atoms with E-state index >= 15 is 0 Å². The van der Waals surface area contributed by atoms with Crippen LogP contribution in [0.3, 0.4) is 0 Å². The Hall–Kier alpha value is -3.14. The summed E-state index contributed by atoms with van der Waals surface area (Å²) in [5.41, 5.74) is 1.62. The number of hydrazine groups is 1. The third-order valence-electron chi connectivity index (χ3n) is 3.97. The lowest BCUT2D eigenvalue weighted by Crippen LogP contribution is -2.48. The minimum atomic E-state index is -1.29. The summed E-state index contributed by atoms with van der Waals surface area (Å²) < 4.78 is 5.10. The number of imide groups is 1. The summed E-state index contributed by atoms with van der Waals surface area (Å²) in [6.45, 7) is 1.58. The van der Waals surface area contributed by atoms with Crippen LogP contribution in [0, 0.1) is 0 Å². The van der Waals surface area contributed by atoms with Crippen LogP contribution in [-0.4, -0.2) is 45.7 Å². The van der Waals surface area contributed by atoms with Crippen molar-refractivity contribution in [2.45, 2.75) is 17.6 Å². The molecule has 10 heteroatoms. The van der Waals surface area contributed by atoms with E-state index in [-0.39, 0.29) is 5.75 Å². The topological polar surface area (TPSA) is 114 Å². The second-order valence-electron chi connectivity index (χ2n) is 5.78. The van der Waals surface area contributed by atoms with Crippen molar-refractivity contribution in [3.05, 3.63) is 48.3 Å². The summed E-state index contributed by atoms with van der Waals surface area (Å²) in [7, 11) is 1.54. The van der Waals surface area contributed by atoms with Gasteiger partial charge in [0.2, 0.25) is 5.91 Å². The van der Waals surface area contributed by atoms with E-state index in [0.29, 0.717) is 21.5 Å². The summed E-state index contributed by atoms with van der Waals surface area (Å²) in [4.78, 5) is 45.1. The minimum Gasteiger partial charge on any atom is -0.497 e. The van der Waals surface area contributed by atoms with Gasteiger partial charge in [-0.05, 0) is 30.7 Å². The van der Waals surface area contributed by atoms with Gasteiger partial charge >= 0.3 is 6.03 Å². The van der Waals surface area contributed by atoms with Crippen molar-refractivity contribution in [3.8, 4) is 5.75 Å². The first-order chi connectivity index (χ1) is 12.9. The summed E-state index contributed by atoms with van der Waals surface area (Å²) >= 11 is 1.10. The van der Waals surface area contributed by atoms with E-state index in [2.05, 4.69) is 20.7 Å². The van der Waals surface area contributed by atoms with Crippen LogP contribution in [0.15, 0.2) is 47.9 Å². The molecule has 9 nitrogen and oxygen atoms in total. The summed E-state index contributed by atoms with van der Waals surface area (Å²) in [6, 6.07) is 7.72. The quantitative estimate of drug-likeness (QED) is 0.433. The highest BCUT2D eigenvalue weighted by Gasteiger charge is 2.50. The lowest BCUT2D eigenvalue weighted by molar-refractivity contribution is -0.138. The van der Waals surface area contributed by atoms with Crippen molar-refractivity contribution in [1.29, 1.82) is 0 Å². The molecule has 0 aliphatic carbocycles. The van der Waals surface area contributed by atoms with Gasteiger partial charge in [0, 0.05) is 12.4 Å². The molecule has 1 atom stereocenters. The number of benzene rings is 1. The van der Waals surface area contributed by atoms with Crippen molar-refractivity contribution in [2.75, 3.05) is 12.9 Å². The Labute approximate surface area is 159 Å². The molecule has 1 aliphatic rings. The number of rotatable bonds is 6. The number of hydrogen-bond donors (Lipinski definition) is 2. The molecule has 2 heterocycles. The standard InChI is InChI=1S/C17H17N5O4S/c1-17(11-4-6-12(26-2)7-5-11)14(24)22(16(25)20-17)21-13(23)10-27-15-18-8-3-9-19-15/h3-9H,10H2,1-2H3,(H,20,25)(H,21,23). The maximum absolute atomic E-state index is 12.8. The number of carbonyl (C=O) groups is 3. The van der Waals surface area contributed by atoms with Crippen LogP contribution < -0.4 is 15.5 Å². The molecule has 0 saturated carbocycles. The highest BCUT2D eigenvalue weighted by atomic mass is 32.2. The summed E-state index contributed by atoms with van der Waals surface area (Å²) in [5.74, 6) is -0.508. The van der Waals surface area contributed by atoms with Gasteiger partial charge in [-0.2, -0.15) is 5.01 Å². The Balaban J connectivity index is 1.67. The zero-order valence-corrected chi connectivity index (χ0v) is 15.4. The monoisotopic (exact) mass is 387 g/mol. The van der Waals surface area contributed by atoms with Crippen molar-refractivity contribution in [2.24, 2.45) is 0 Å². The number of thioether (sulfide) groups is 1. The predicted molar refractivity (Wildman–Crippen MR) is 96.6 cm³/mol. The third kappa shape index (κ3) is 3.85. The van der Waals surface area contributed by atoms with Crippen molar-refractivity contribution < 1.29 is 19.1 Å². The zero-order valence-electron chi connectivity index (χ0n) is 14.6. The normalized spacial score (nSPS) is 19.0. The Morgan fingerprint density at radius 1 is 1.26 bits per heavy atom. The average Bonchev–Trinajstić information content (AvgIpc) is 2.91. The Morgan fingerprint density at radius 3 is 2.56 bits per heavy atom. The van der Waals surface area contributed by atoms with Crippen LogP contribution in [0.2, 0.25) is 0 Å². The molecule has 3 rings (SSSR count). The molecule has 2 N–H and O–H groups in total. The second-order valence-corrected chi connectivity index (χ2v) is 6.72. The second kappa shape index (κ2) is 7.62. The average molecular weight is 387 g/mol. The highest BCUT2D eigenvalue weighted by Crippen LogP contribution is 2.29.